The van der Waals surface area contributed by atoms with E-state index in [0.717, 1.165) is 16.7 Å². The summed E-state index contributed by atoms with van der Waals surface area (Å²) < 4.78 is 4.79. The van der Waals surface area contributed by atoms with Gasteiger partial charge in [0.1, 0.15) is 5.75 Å². The molecule has 16 heavy (non-hydrogen) atoms. The Kier molecular flexibility index (Phi) is 4.11. The molecule has 0 aliphatic rings. The monoisotopic (exact) mass is 220 g/mol. The molecule has 1 rings (SSSR count). The van der Waals surface area contributed by atoms with Crippen LogP contribution in [0.4, 0.5) is 0 Å². The van der Waals surface area contributed by atoms with E-state index in [4.69, 9.17) is 4.74 Å². The minimum absolute atomic E-state index is 0.239. The lowest BCUT2D eigenvalue weighted by Gasteiger charge is -2.05. The van der Waals surface area contributed by atoms with Gasteiger partial charge in [-0.3, -0.25) is 0 Å². The molecule has 1 aromatic rings. The van der Waals surface area contributed by atoms with Crippen LogP contribution in [-0.4, -0.2) is 17.7 Å². The first-order valence-electron chi connectivity index (χ1n) is 5.19. The fourth-order valence-electron chi connectivity index (χ4n) is 1.56. The highest BCUT2D eigenvalue weighted by Crippen LogP contribution is 2.21. The number of ether oxygens (including phenoxy) is 1. The summed E-state index contributed by atoms with van der Waals surface area (Å²) in [6, 6.07) is 3.33. The summed E-state index contributed by atoms with van der Waals surface area (Å²) in [5.41, 5.74) is 2.79. The minimum Gasteiger partial charge on any atom is -0.508 e. The van der Waals surface area contributed by atoms with E-state index >= 15 is 0 Å². The van der Waals surface area contributed by atoms with E-state index < -0.39 is 0 Å². The lowest BCUT2D eigenvalue weighted by Crippen LogP contribution is -1.99. The third kappa shape index (κ3) is 3.12. The molecule has 0 saturated carbocycles. The molecule has 0 aromatic heterocycles. The Morgan fingerprint density at radius 3 is 2.44 bits per heavy atom. The van der Waals surface area contributed by atoms with E-state index in [9.17, 15) is 9.90 Å². The summed E-state index contributed by atoms with van der Waals surface area (Å²) in [5.74, 6) is -0.113. The van der Waals surface area contributed by atoms with Gasteiger partial charge in [-0.05, 0) is 55.7 Å². The molecule has 0 fully saturated rings. The second-order valence-corrected chi connectivity index (χ2v) is 3.58. The number of benzene rings is 1. The molecule has 0 heterocycles. The lowest BCUT2D eigenvalue weighted by molar-refractivity contribution is -0.137. The maximum atomic E-state index is 11.1. The van der Waals surface area contributed by atoms with Crippen molar-refractivity contribution < 1.29 is 14.6 Å². The molecule has 3 nitrogen and oxygen atoms in total. The van der Waals surface area contributed by atoms with Crippen LogP contribution in [-0.2, 0) is 9.53 Å². The molecule has 86 valence electrons. The number of carbonyl (C=O) groups excluding carboxylic acids is 1. The van der Waals surface area contributed by atoms with Crippen LogP contribution in [0, 0.1) is 13.8 Å². The summed E-state index contributed by atoms with van der Waals surface area (Å²) in [6.07, 6.45) is 3.11. The maximum Gasteiger partial charge on any atom is 0.330 e. The van der Waals surface area contributed by atoms with Crippen molar-refractivity contribution in [2.24, 2.45) is 0 Å². The summed E-state index contributed by atoms with van der Waals surface area (Å²) >= 11 is 0. The molecule has 0 unspecified atom stereocenters. The number of aryl methyl sites for hydroxylation is 2. The van der Waals surface area contributed by atoms with E-state index in [0.29, 0.717) is 6.61 Å². The second kappa shape index (κ2) is 5.35. The molecule has 1 N–H and O–H groups in total. The van der Waals surface area contributed by atoms with Gasteiger partial charge in [0.25, 0.3) is 0 Å². The van der Waals surface area contributed by atoms with Crippen LogP contribution >= 0.6 is 0 Å². The molecular weight excluding hydrogens is 204 g/mol. The molecule has 1 aromatic carbocycles. The Morgan fingerprint density at radius 2 is 1.94 bits per heavy atom. The first-order chi connectivity index (χ1) is 7.54. The van der Waals surface area contributed by atoms with E-state index in [-0.39, 0.29) is 11.7 Å². The summed E-state index contributed by atoms with van der Waals surface area (Å²) in [5, 5.41) is 9.36. The molecule has 0 atom stereocenters. The van der Waals surface area contributed by atoms with Gasteiger partial charge < -0.3 is 9.84 Å². The second-order valence-electron chi connectivity index (χ2n) is 3.58. The standard InChI is InChI=1S/C13H16O3/c1-4-16-13(15)6-5-12-9(2)7-11(14)8-10(12)3/h5-8,14H,4H2,1-3H3. The van der Waals surface area contributed by atoms with Crippen molar-refractivity contribution in [3.05, 3.63) is 34.9 Å². The predicted octanol–water partition coefficient (Wildman–Crippen LogP) is 2.59. The van der Waals surface area contributed by atoms with Crippen LogP contribution < -0.4 is 0 Å². The largest absolute Gasteiger partial charge is 0.508 e. The van der Waals surface area contributed by atoms with Gasteiger partial charge in [-0.15, -0.1) is 0 Å². The Bertz CT molecular complexity index is 396. The van der Waals surface area contributed by atoms with E-state index in [2.05, 4.69) is 0 Å². The van der Waals surface area contributed by atoms with Gasteiger partial charge in [-0.1, -0.05) is 0 Å². The van der Waals surface area contributed by atoms with Crippen LogP contribution in [0.25, 0.3) is 6.08 Å². The number of phenolic OH excluding ortho intramolecular Hbond substituents is 1. The highest BCUT2D eigenvalue weighted by atomic mass is 16.5. The van der Waals surface area contributed by atoms with Crippen LogP contribution in [0.3, 0.4) is 0 Å². The molecule has 0 spiro atoms. The molecular formula is C13H16O3. The summed E-state index contributed by atoms with van der Waals surface area (Å²) in [7, 11) is 0. The van der Waals surface area contributed by atoms with Crippen molar-refractivity contribution in [3.8, 4) is 5.75 Å². The van der Waals surface area contributed by atoms with E-state index in [1.807, 2.05) is 13.8 Å². The normalized spacial score (nSPS) is 10.7. The molecule has 0 radical (unpaired) electrons. The van der Waals surface area contributed by atoms with Gasteiger partial charge >= 0.3 is 5.97 Å². The zero-order valence-electron chi connectivity index (χ0n) is 9.78. The van der Waals surface area contributed by atoms with Gasteiger partial charge in [0.05, 0.1) is 6.61 Å². The van der Waals surface area contributed by atoms with Crippen molar-refractivity contribution >= 4 is 12.0 Å². The van der Waals surface area contributed by atoms with Crippen LogP contribution in [0.5, 0.6) is 5.75 Å². The van der Waals surface area contributed by atoms with Crippen molar-refractivity contribution in [1.82, 2.24) is 0 Å². The van der Waals surface area contributed by atoms with Gasteiger partial charge in [-0.25, -0.2) is 4.79 Å². The smallest absolute Gasteiger partial charge is 0.330 e. The summed E-state index contributed by atoms with van der Waals surface area (Å²) in [6.45, 7) is 5.91. The van der Waals surface area contributed by atoms with Crippen LogP contribution in [0.1, 0.15) is 23.6 Å². The van der Waals surface area contributed by atoms with Crippen LogP contribution in [0.15, 0.2) is 18.2 Å². The zero-order chi connectivity index (χ0) is 12.1. The number of aromatic hydroxyl groups is 1. The van der Waals surface area contributed by atoms with E-state index in [1.54, 1.807) is 25.1 Å². The maximum absolute atomic E-state index is 11.1. The number of phenols is 1. The number of esters is 1. The first kappa shape index (κ1) is 12.3. The SMILES string of the molecule is CCOC(=O)C=Cc1c(C)cc(O)cc1C. The van der Waals surface area contributed by atoms with Crippen molar-refractivity contribution in [1.29, 1.82) is 0 Å². The fourth-order valence-corrected chi connectivity index (χ4v) is 1.56. The number of rotatable bonds is 3. The molecule has 0 aliphatic carbocycles. The van der Waals surface area contributed by atoms with Gasteiger partial charge in [0, 0.05) is 6.08 Å². The molecule has 3 heteroatoms. The zero-order valence-corrected chi connectivity index (χ0v) is 9.78. The van der Waals surface area contributed by atoms with Gasteiger partial charge in [-0.2, -0.15) is 0 Å². The highest BCUT2D eigenvalue weighted by Gasteiger charge is 2.02. The average molecular weight is 220 g/mol. The first-order valence-corrected chi connectivity index (χ1v) is 5.19. The summed E-state index contributed by atoms with van der Waals surface area (Å²) in [4.78, 5) is 11.1. The number of hydrogen-bond acceptors (Lipinski definition) is 3. The van der Waals surface area contributed by atoms with Crippen molar-refractivity contribution in [3.63, 3.8) is 0 Å². The van der Waals surface area contributed by atoms with Crippen molar-refractivity contribution in [2.45, 2.75) is 20.8 Å². The Hall–Kier alpha value is -1.77. The predicted molar refractivity (Wildman–Crippen MR) is 63.2 cm³/mol. The number of hydrogen-bond donors (Lipinski definition) is 1. The van der Waals surface area contributed by atoms with Gasteiger partial charge in [0.2, 0.25) is 0 Å². The Labute approximate surface area is 95.4 Å². The fraction of sp³-hybridized carbons (Fsp3) is 0.308. The topological polar surface area (TPSA) is 46.5 Å². The van der Waals surface area contributed by atoms with Gasteiger partial charge in [0.15, 0.2) is 0 Å². The highest BCUT2D eigenvalue weighted by molar-refractivity contribution is 5.87. The van der Waals surface area contributed by atoms with Crippen LogP contribution in [0.2, 0.25) is 0 Å². The van der Waals surface area contributed by atoms with E-state index in [1.165, 1.54) is 6.08 Å². The quantitative estimate of drug-likeness (QED) is 0.629. The Morgan fingerprint density at radius 1 is 1.38 bits per heavy atom. The molecule has 0 amide bonds. The number of carbonyl (C=O) groups is 1. The minimum atomic E-state index is -0.352. The Balaban J connectivity index is 2.93. The van der Waals surface area contributed by atoms with Crippen molar-refractivity contribution in [2.75, 3.05) is 6.61 Å². The third-order valence-electron chi connectivity index (χ3n) is 2.25. The molecule has 0 saturated heterocycles. The molecule has 0 bridgehead atoms. The average Bonchev–Trinajstić information content (AvgIpc) is 2.16. The lowest BCUT2D eigenvalue weighted by atomic mass is 10.0. The third-order valence-corrected chi connectivity index (χ3v) is 2.25. The molecule has 0 aliphatic heterocycles.